The average molecular weight is 317 g/mol. The zero-order valence-electron chi connectivity index (χ0n) is 11.6. The van der Waals surface area contributed by atoms with E-state index >= 15 is 0 Å². The summed E-state index contributed by atoms with van der Waals surface area (Å²) >= 11 is 7.42. The van der Waals surface area contributed by atoms with E-state index < -0.39 is 0 Å². The maximum absolute atomic E-state index is 12.1. The first-order valence-corrected chi connectivity index (χ1v) is 8.21. The lowest BCUT2D eigenvalue weighted by atomic mass is 9.94. The Balaban J connectivity index is 1.74. The van der Waals surface area contributed by atoms with Gasteiger partial charge in [-0.2, -0.15) is 0 Å². The highest BCUT2D eigenvalue weighted by Gasteiger charge is 2.26. The van der Waals surface area contributed by atoms with Crippen molar-refractivity contribution in [2.45, 2.75) is 32.3 Å². The van der Waals surface area contributed by atoms with Crippen molar-refractivity contribution in [2.24, 2.45) is 5.92 Å². The minimum absolute atomic E-state index is 0.0296. The number of rotatable bonds is 4. The van der Waals surface area contributed by atoms with Crippen molar-refractivity contribution in [3.63, 3.8) is 0 Å². The maximum Gasteiger partial charge on any atom is 0.317 e. The predicted molar refractivity (Wildman–Crippen MR) is 82.4 cm³/mol. The van der Waals surface area contributed by atoms with Crippen LogP contribution < -0.4 is 5.32 Å². The molecule has 0 spiro atoms. The average Bonchev–Trinajstić information content (AvgIpc) is 2.84. The summed E-state index contributed by atoms with van der Waals surface area (Å²) in [6, 6.07) is 3.84. The van der Waals surface area contributed by atoms with Gasteiger partial charge >= 0.3 is 6.03 Å². The fourth-order valence-electron chi connectivity index (χ4n) is 2.48. The minimum atomic E-state index is -0.348. The Morgan fingerprint density at radius 3 is 3.10 bits per heavy atom. The summed E-state index contributed by atoms with van der Waals surface area (Å²) in [6.45, 7) is 3.84. The van der Waals surface area contributed by atoms with Crippen LogP contribution in [0, 0.1) is 5.92 Å². The van der Waals surface area contributed by atoms with Crippen LogP contribution in [0.2, 0.25) is 4.34 Å². The van der Waals surface area contributed by atoms with Crippen molar-refractivity contribution in [1.82, 2.24) is 10.2 Å². The van der Waals surface area contributed by atoms with Gasteiger partial charge in [0.1, 0.15) is 0 Å². The molecule has 2 N–H and O–H groups in total. The molecule has 2 atom stereocenters. The number of aliphatic hydroxyl groups is 1. The molecular weight excluding hydrogens is 296 g/mol. The number of hydrogen-bond acceptors (Lipinski definition) is 3. The van der Waals surface area contributed by atoms with Crippen molar-refractivity contribution in [3.8, 4) is 0 Å². The molecular formula is C14H21ClN2O2S. The van der Waals surface area contributed by atoms with Crippen molar-refractivity contribution >= 4 is 29.0 Å². The van der Waals surface area contributed by atoms with E-state index in [0.29, 0.717) is 13.1 Å². The predicted octanol–water partition coefficient (Wildman–Crippen LogP) is 2.75. The second kappa shape index (κ2) is 7.29. The molecule has 2 heterocycles. The van der Waals surface area contributed by atoms with Crippen LogP contribution in [0.5, 0.6) is 0 Å². The number of nitrogens with zero attached hydrogens (tertiary/aromatic N) is 1. The number of piperidine rings is 1. The third-order valence-electron chi connectivity index (χ3n) is 3.70. The van der Waals surface area contributed by atoms with E-state index in [2.05, 4.69) is 5.32 Å². The third kappa shape index (κ3) is 4.36. The van der Waals surface area contributed by atoms with Gasteiger partial charge in [-0.05, 0) is 38.3 Å². The monoisotopic (exact) mass is 316 g/mol. The molecule has 1 aromatic heterocycles. The molecule has 0 saturated carbocycles. The number of urea groups is 1. The Labute approximate surface area is 128 Å². The Morgan fingerprint density at radius 2 is 2.45 bits per heavy atom. The molecule has 2 unspecified atom stereocenters. The first-order valence-electron chi connectivity index (χ1n) is 7.01. The first kappa shape index (κ1) is 15.6. The summed E-state index contributed by atoms with van der Waals surface area (Å²) in [5, 5.41) is 12.6. The molecule has 0 bridgehead atoms. The number of aliphatic hydroxyl groups excluding tert-OH is 1. The van der Waals surface area contributed by atoms with Crippen LogP contribution in [0.25, 0.3) is 0 Å². The number of hydrogen-bond donors (Lipinski definition) is 2. The zero-order valence-corrected chi connectivity index (χ0v) is 13.2. The topological polar surface area (TPSA) is 52.6 Å². The van der Waals surface area contributed by atoms with Crippen molar-refractivity contribution in [1.29, 1.82) is 0 Å². The lowest BCUT2D eigenvalue weighted by Crippen LogP contribution is -2.47. The normalized spacial score (nSPS) is 20.8. The van der Waals surface area contributed by atoms with E-state index in [1.54, 1.807) is 18.3 Å². The van der Waals surface area contributed by atoms with Crippen LogP contribution >= 0.6 is 22.9 Å². The maximum atomic E-state index is 12.1. The molecule has 112 valence electrons. The van der Waals surface area contributed by atoms with Crippen molar-refractivity contribution in [3.05, 3.63) is 21.3 Å². The van der Waals surface area contributed by atoms with Gasteiger partial charge in [0, 0.05) is 30.4 Å². The highest BCUT2D eigenvalue weighted by atomic mass is 35.5. The van der Waals surface area contributed by atoms with E-state index in [4.69, 9.17) is 11.6 Å². The molecule has 20 heavy (non-hydrogen) atoms. The summed E-state index contributed by atoms with van der Waals surface area (Å²) in [5.74, 6) is 0.200. The Hall–Kier alpha value is -0.780. The second-order valence-corrected chi connectivity index (χ2v) is 7.08. The van der Waals surface area contributed by atoms with Crippen molar-refractivity contribution < 1.29 is 9.90 Å². The Bertz CT molecular complexity index is 450. The van der Waals surface area contributed by atoms with Crippen LogP contribution in [0.15, 0.2) is 12.1 Å². The molecule has 1 aliphatic rings. The molecule has 0 aromatic carbocycles. The molecule has 1 fully saturated rings. The molecule has 1 aliphatic heterocycles. The lowest BCUT2D eigenvalue weighted by Gasteiger charge is -2.34. The van der Waals surface area contributed by atoms with Crippen LogP contribution in [0.1, 0.15) is 24.6 Å². The van der Waals surface area contributed by atoms with Crippen LogP contribution in [0.4, 0.5) is 4.79 Å². The van der Waals surface area contributed by atoms with Gasteiger partial charge in [-0.1, -0.05) is 11.6 Å². The summed E-state index contributed by atoms with van der Waals surface area (Å²) < 4.78 is 0.780. The largest absolute Gasteiger partial charge is 0.393 e. The Morgan fingerprint density at radius 1 is 1.65 bits per heavy atom. The van der Waals surface area contributed by atoms with Crippen LogP contribution in [-0.4, -0.2) is 41.8 Å². The standard InChI is InChI=1S/C14H21ClN2O2S/c1-10(18)11-3-2-8-17(9-11)14(19)16-7-6-12-4-5-13(15)20-12/h4-5,10-11,18H,2-3,6-9H2,1H3,(H,16,19). The number of carbonyl (C=O) groups excluding carboxylic acids is 1. The van der Waals surface area contributed by atoms with E-state index in [-0.39, 0.29) is 18.1 Å². The highest BCUT2D eigenvalue weighted by Crippen LogP contribution is 2.22. The highest BCUT2D eigenvalue weighted by molar-refractivity contribution is 7.16. The van der Waals surface area contributed by atoms with Crippen LogP contribution in [0.3, 0.4) is 0 Å². The number of likely N-dealkylation sites (tertiary alicyclic amines) is 1. The molecule has 1 aromatic rings. The SMILES string of the molecule is CC(O)C1CCCN(C(=O)NCCc2ccc(Cl)s2)C1. The lowest BCUT2D eigenvalue weighted by molar-refractivity contribution is 0.0740. The zero-order chi connectivity index (χ0) is 14.5. The number of nitrogens with one attached hydrogen (secondary N) is 1. The summed E-state index contributed by atoms with van der Waals surface area (Å²) in [6.07, 6.45) is 2.41. The number of carbonyl (C=O) groups is 1. The van der Waals surface area contributed by atoms with Gasteiger partial charge in [-0.3, -0.25) is 0 Å². The molecule has 4 nitrogen and oxygen atoms in total. The van der Waals surface area contributed by atoms with Gasteiger partial charge in [0.05, 0.1) is 10.4 Å². The number of halogens is 1. The minimum Gasteiger partial charge on any atom is -0.393 e. The van der Waals surface area contributed by atoms with Gasteiger partial charge in [0.2, 0.25) is 0 Å². The van der Waals surface area contributed by atoms with Gasteiger partial charge in [0.25, 0.3) is 0 Å². The number of amides is 2. The summed E-state index contributed by atoms with van der Waals surface area (Å²) in [7, 11) is 0. The second-order valence-electron chi connectivity index (χ2n) is 5.28. The Kier molecular flexibility index (Phi) is 5.69. The van der Waals surface area contributed by atoms with Crippen LogP contribution in [-0.2, 0) is 6.42 Å². The van der Waals surface area contributed by atoms with Gasteiger partial charge in [-0.25, -0.2) is 4.79 Å². The van der Waals surface area contributed by atoms with E-state index in [1.807, 2.05) is 17.0 Å². The third-order valence-corrected chi connectivity index (χ3v) is 4.99. The smallest absolute Gasteiger partial charge is 0.317 e. The van der Waals surface area contributed by atoms with E-state index in [9.17, 15) is 9.90 Å². The van der Waals surface area contributed by atoms with Gasteiger partial charge in [0.15, 0.2) is 0 Å². The van der Waals surface area contributed by atoms with E-state index in [1.165, 1.54) is 4.88 Å². The number of thiophene rings is 1. The molecule has 6 heteroatoms. The first-order chi connectivity index (χ1) is 9.56. The van der Waals surface area contributed by atoms with E-state index in [0.717, 1.165) is 30.1 Å². The molecule has 0 radical (unpaired) electrons. The fourth-order valence-corrected chi connectivity index (χ4v) is 3.57. The molecule has 2 rings (SSSR count). The summed E-state index contributed by atoms with van der Waals surface area (Å²) in [5.41, 5.74) is 0. The van der Waals surface area contributed by atoms with Gasteiger partial charge < -0.3 is 15.3 Å². The quantitative estimate of drug-likeness (QED) is 0.897. The molecule has 2 amide bonds. The fraction of sp³-hybridized carbons (Fsp3) is 0.643. The molecule has 1 saturated heterocycles. The molecule has 0 aliphatic carbocycles. The van der Waals surface area contributed by atoms with Gasteiger partial charge in [-0.15, -0.1) is 11.3 Å². The summed E-state index contributed by atoms with van der Waals surface area (Å²) in [4.78, 5) is 15.1. The van der Waals surface area contributed by atoms with Crippen molar-refractivity contribution in [2.75, 3.05) is 19.6 Å².